The highest BCUT2D eigenvalue weighted by Gasteiger charge is 2.14. The van der Waals surface area contributed by atoms with E-state index in [4.69, 9.17) is 0 Å². The molecule has 5 nitrogen and oxygen atoms in total. The van der Waals surface area contributed by atoms with E-state index in [1.165, 1.54) is 17.7 Å². The first-order chi connectivity index (χ1) is 12.1. The van der Waals surface area contributed by atoms with Crippen molar-refractivity contribution < 1.29 is 0 Å². The SMILES string of the molecule is Cn1c(CNC(c2ccccc2)c2ccccc2)cc(=O)n(C)c1=O. The number of nitrogens with zero attached hydrogens (tertiary/aromatic N) is 2. The third kappa shape index (κ3) is 3.61. The third-order valence-electron chi connectivity index (χ3n) is 4.38. The van der Waals surface area contributed by atoms with E-state index in [2.05, 4.69) is 29.6 Å². The van der Waals surface area contributed by atoms with Gasteiger partial charge in [-0.05, 0) is 11.1 Å². The predicted molar refractivity (Wildman–Crippen MR) is 98.5 cm³/mol. The Hall–Kier alpha value is -2.92. The lowest BCUT2D eigenvalue weighted by atomic mass is 9.98. The van der Waals surface area contributed by atoms with Gasteiger partial charge in [0.25, 0.3) is 5.56 Å². The summed E-state index contributed by atoms with van der Waals surface area (Å²) in [4.78, 5) is 24.0. The summed E-state index contributed by atoms with van der Waals surface area (Å²) in [5.74, 6) is 0. The Kier molecular flexibility index (Phi) is 4.95. The molecule has 0 saturated heterocycles. The number of aromatic nitrogens is 2. The Morgan fingerprint density at radius 1 is 0.840 bits per heavy atom. The molecule has 3 rings (SSSR count). The summed E-state index contributed by atoms with van der Waals surface area (Å²) in [7, 11) is 3.16. The molecular formula is C20H21N3O2. The van der Waals surface area contributed by atoms with Gasteiger partial charge in [-0.3, -0.25) is 13.9 Å². The number of hydrogen-bond acceptors (Lipinski definition) is 3. The molecule has 128 valence electrons. The van der Waals surface area contributed by atoms with Crippen LogP contribution < -0.4 is 16.6 Å². The Balaban J connectivity index is 1.93. The maximum absolute atomic E-state index is 12.1. The van der Waals surface area contributed by atoms with Gasteiger partial charge in [-0.15, -0.1) is 0 Å². The Labute approximate surface area is 146 Å². The van der Waals surface area contributed by atoms with Gasteiger partial charge >= 0.3 is 5.69 Å². The third-order valence-corrected chi connectivity index (χ3v) is 4.38. The minimum atomic E-state index is -0.319. The van der Waals surface area contributed by atoms with E-state index < -0.39 is 0 Å². The molecular weight excluding hydrogens is 314 g/mol. The normalized spacial score (nSPS) is 11.0. The van der Waals surface area contributed by atoms with Crippen molar-refractivity contribution in [1.82, 2.24) is 14.5 Å². The molecule has 0 radical (unpaired) electrons. The molecule has 2 aromatic carbocycles. The second kappa shape index (κ2) is 7.32. The summed E-state index contributed by atoms with van der Waals surface area (Å²) in [6.07, 6.45) is 0. The zero-order chi connectivity index (χ0) is 17.8. The second-order valence-corrected chi connectivity index (χ2v) is 6.01. The van der Waals surface area contributed by atoms with E-state index >= 15 is 0 Å². The van der Waals surface area contributed by atoms with E-state index in [1.807, 2.05) is 36.4 Å². The highest BCUT2D eigenvalue weighted by Crippen LogP contribution is 2.22. The first-order valence-corrected chi connectivity index (χ1v) is 8.17. The van der Waals surface area contributed by atoms with Crippen LogP contribution in [-0.2, 0) is 20.6 Å². The molecule has 1 heterocycles. The van der Waals surface area contributed by atoms with Crippen LogP contribution in [0, 0.1) is 0 Å². The molecule has 0 aliphatic heterocycles. The number of rotatable bonds is 5. The molecule has 1 aromatic heterocycles. The van der Waals surface area contributed by atoms with Gasteiger partial charge in [0.2, 0.25) is 0 Å². The number of hydrogen-bond donors (Lipinski definition) is 1. The highest BCUT2D eigenvalue weighted by atomic mass is 16.2. The lowest BCUT2D eigenvalue weighted by Gasteiger charge is -2.21. The van der Waals surface area contributed by atoms with Gasteiger partial charge in [0.1, 0.15) is 0 Å². The summed E-state index contributed by atoms with van der Waals surface area (Å²) in [5.41, 5.74) is 2.30. The molecule has 0 spiro atoms. The highest BCUT2D eigenvalue weighted by molar-refractivity contribution is 5.31. The summed E-state index contributed by atoms with van der Waals surface area (Å²) in [6.45, 7) is 0.413. The van der Waals surface area contributed by atoms with Gasteiger partial charge in [-0.25, -0.2) is 4.79 Å². The van der Waals surface area contributed by atoms with Crippen LogP contribution >= 0.6 is 0 Å². The van der Waals surface area contributed by atoms with Crippen LogP contribution in [0.3, 0.4) is 0 Å². The lowest BCUT2D eigenvalue weighted by molar-refractivity contribution is 0.560. The fourth-order valence-electron chi connectivity index (χ4n) is 2.87. The van der Waals surface area contributed by atoms with Crippen molar-refractivity contribution in [3.63, 3.8) is 0 Å². The van der Waals surface area contributed by atoms with Crippen molar-refractivity contribution in [1.29, 1.82) is 0 Å². The van der Waals surface area contributed by atoms with E-state index in [9.17, 15) is 9.59 Å². The topological polar surface area (TPSA) is 56.0 Å². The van der Waals surface area contributed by atoms with Gasteiger partial charge in [-0.1, -0.05) is 60.7 Å². The molecule has 25 heavy (non-hydrogen) atoms. The Bertz CT molecular complexity index is 920. The van der Waals surface area contributed by atoms with E-state index in [0.29, 0.717) is 12.2 Å². The summed E-state index contributed by atoms with van der Waals surface area (Å²) < 4.78 is 2.61. The fourth-order valence-corrected chi connectivity index (χ4v) is 2.87. The monoisotopic (exact) mass is 335 g/mol. The molecule has 0 aliphatic rings. The largest absolute Gasteiger partial charge is 0.330 e. The van der Waals surface area contributed by atoms with Crippen LogP contribution in [0.4, 0.5) is 0 Å². The van der Waals surface area contributed by atoms with Crippen molar-refractivity contribution in [2.75, 3.05) is 0 Å². The summed E-state index contributed by atoms with van der Waals surface area (Å²) in [6, 6.07) is 21.7. The molecule has 0 atom stereocenters. The van der Waals surface area contributed by atoms with Crippen LogP contribution in [0.2, 0.25) is 0 Å². The molecule has 0 fully saturated rings. The quantitative estimate of drug-likeness (QED) is 0.775. The van der Waals surface area contributed by atoms with Gasteiger partial charge in [0.05, 0.1) is 6.04 Å². The zero-order valence-electron chi connectivity index (χ0n) is 14.3. The van der Waals surface area contributed by atoms with Crippen molar-refractivity contribution in [3.8, 4) is 0 Å². The van der Waals surface area contributed by atoms with Gasteiger partial charge in [0, 0.05) is 32.4 Å². The minimum Gasteiger partial charge on any atom is -0.301 e. The maximum Gasteiger partial charge on any atom is 0.330 e. The van der Waals surface area contributed by atoms with Crippen LogP contribution in [0.25, 0.3) is 0 Å². The first-order valence-electron chi connectivity index (χ1n) is 8.17. The number of benzene rings is 2. The Morgan fingerprint density at radius 3 is 1.88 bits per heavy atom. The smallest absolute Gasteiger partial charge is 0.301 e. The van der Waals surface area contributed by atoms with Crippen molar-refractivity contribution in [2.45, 2.75) is 12.6 Å². The first kappa shape index (κ1) is 16.9. The molecule has 0 unspecified atom stereocenters. The average Bonchev–Trinajstić information content (AvgIpc) is 2.66. The van der Waals surface area contributed by atoms with Gasteiger partial charge in [-0.2, -0.15) is 0 Å². The molecule has 0 aliphatic carbocycles. The number of nitrogens with one attached hydrogen (secondary N) is 1. The van der Waals surface area contributed by atoms with E-state index in [0.717, 1.165) is 15.7 Å². The van der Waals surface area contributed by atoms with Gasteiger partial charge < -0.3 is 5.32 Å². The second-order valence-electron chi connectivity index (χ2n) is 6.01. The zero-order valence-corrected chi connectivity index (χ0v) is 14.3. The lowest BCUT2D eigenvalue weighted by Crippen LogP contribution is -2.39. The minimum absolute atomic E-state index is 0.0263. The summed E-state index contributed by atoms with van der Waals surface area (Å²) >= 11 is 0. The maximum atomic E-state index is 12.1. The molecule has 1 N–H and O–H groups in total. The standard InChI is InChI=1S/C20H21N3O2/c1-22-17(13-18(24)23(2)20(22)25)14-21-19(15-9-5-3-6-10-15)16-11-7-4-8-12-16/h3-13,19,21H,14H2,1-2H3. The molecule has 0 saturated carbocycles. The summed E-state index contributed by atoms with van der Waals surface area (Å²) in [5, 5.41) is 3.48. The molecule has 3 aromatic rings. The predicted octanol–water partition coefficient (Wildman–Crippen LogP) is 1.96. The van der Waals surface area contributed by atoms with Crippen molar-refractivity contribution in [2.24, 2.45) is 14.1 Å². The van der Waals surface area contributed by atoms with Gasteiger partial charge in [0.15, 0.2) is 0 Å². The average molecular weight is 335 g/mol. The molecule has 0 amide bonds. The van der Waals surface area contributed by atoms with E-state index in [1.54, 1.807) is 7.05 Å². The van der Waals surface area contributed by atoms with Crippen LogP contribution in [0.5, 0.6) is 0 Å². The Morgan fingerprint density at radius 2 is 1.36 bits per heavy atom. The van der Waals surface area contributed by atoms with Crippen LogP contribution in [0.15, 0.2) is 76.3 Å². The van der Waals surface area contributed by atoms with Crippen LogP contribution in [-0.4, -0.2) is 9.13 Å². The fraction of sp³-hybridized carbons (Fsp3) is 0.200. The van der Waals surface area contributed by atoms with Crippen LogP contribution in [0.1, 0.15) is 22.9 Å². The molecule has 0 bridgehead atoms. The molecule has 5 heteroatoms. The van der Waals surface area contributed by atoms with Crippen molar-refractivity contribution in [3.05, 3.63) is 104 Å². The van der Waals surface area contributed by atoms with Crippen molar-refractivity contribution >= 4 is 0 Å². The van der Waals surface area contributed by atoms with E-state index in [-0.39, 0.29) is 17.3 Å².